The van der Waals surface area contributed by atoms with E-state index >= 15 is 0 Å². The highest BCUT2D eigenvalue weighted by atomic mass is 32.2. The van der Waals surface area contributed by atoms with Crippen LogP contribution in [-0.2, 0) is 0 Å². The summed E-state index contributed by atoms with van der Waals surface area (Å²) in [5, 5.41) is 0. The fourth-order valence-electron chi connectivity index (χ4n) is 2.59. The number of hydrogen-bond donors (Lipinski definition) is 0. The topological polar surface area (TPSA) is 64.6 Å². The summed E-state index contributed by atoms with van der Waals surface area (Å²) in [6, 6.07) is 2.02. The van der Waals surface area contributed by atoms with Crippen LogP contribution < -0.4 is 5.63 Å². The Morgan fingerprint density at radius 3 is 2.71 bits per heavy atom. The molecule has 0 saturated heterocycles. The number of aromatic nitrogens is 2. The first kappa shape index (κ1) is 13.9. The fourth-order valence-corrected chi connectivity index (χ4v) is 3.40. The number of pyridine rings is 1. The molecule has 0 N–H and O–H groups in total. The summed E-state index contributed by atoms with van der Waals surface area (Å²) in [6.07, 6.45) is 3.77. The van der Waals surface area contributed by atoms with E-state index in [1.165, 1.54) is 18.7 Å². The molecule has 0 aromatic carbocycles. The molecule has 0 aliphatic carbocycles. The van der Waals surface area contributed by atoms with Crippen LogP contribution in [0.2, 0.25) is 0 Å². The number of hydrogen-bond acceptors (Lipinski definition) is 5. The maximum atomic E-state index is 12.0. The van der Waals surface area contributed by atoms with Gasteiger partial charge in [-0.25, -0.2) is 4.79 Å². The van der Waals surface area contributed by atoms with Gasteiger partial charge in [0.05, 0.1) is 4.90 Å². The molecule has 108 valence electrons. The van der Waals surface area contributed by atoms with Crippen LogP contribution in [0.3, 0.4) is 0 Å². The lowest BCUT2D eigenvalue weighted by atomic mass is 10.2. The summed E-state index contributed by atoms with van der Waals surface area (Å²) in [6.45, 7) is 5.32. The second-order valence-electron chi connectivity index (χ2n) is 5.01. The van der Waals surface area contributed by atoms with Crippen LogP contribution in [-0.4, -0.2) is 21.4 Å². The Labute approximate surface area is 125 Å². The first-order valence-electron chi connectivity index (χ1n) is 6.45. The minimum Gasteiger partial charge on any atom is -0.401 e. The highest BCUT2D eigenvalue weighted by Crippen LogP contribution is 2.30. The van der Waals surface area contributed by atoms with Gasteiger partial charge in [-0.15, -0.1) is 11.8 Å². The van der Waals surface area contributed by atoms with Gasteiger partial charge >= 0.3 is 5.63 Å². The van der Waals surface area contributed by atoms with E-state index in [2.05, 4.69) is 4.98 Å². The third-order valence-electron chi connectivity index (χ3n) is 3.40. The Balaban J connectivity index is 2.63. The van der Waals surface area contributed by atoms with Gasteiger partial charge < -0.3 is 4.42 Å². The van der Waals surface area contributed by atoms with Crippen molar-refractivity contribution in [2.45, 2.75) is 25.7 Å². The largest absolute Gasteiger partial charge is 0.401 e. The predicted octanol–water partition coefficient (Wildman–Crippen LogP) is 2.98. The molecule has 0 saturated carbocycles. The Morgan fingerprint density at radius 1 is 1.38 bits per heavy atom. The molecule has 3 aromatic rings. The Morgan fingerprint density at radius 2 is 2.10 bits per heavy atom. The average molecular weight is 302 g/mol. The predicted molar refractivity (Wildman–Crippen MR) is 82.5 cm³/mol. The van der Waals surface area contributed by atoms with Gasteiger partial charge in [0.15, 0.2) is 5.78 Å². The molecule has 0 atom stereocenters. The summed E-state index contributed by atoms with van der Waals surface area (Å²) in [5.41, 5.74) is 3.20. The molecule has 0 spiro atoms. The molecular weight excluding hydrogens is 288 g/mol. The van der Waals surface area contributed by atoms with Crippen molar-refractivity contribution in [3.8, 4) is 0 Å². The van der Waals surface area contributed by atoms with Crippen molar-refractivity contribution in [2.75, 3.05) is 6.26 Å². The molecule has 0 amide bonds. The Bertz CT molecular complexity index is 953. The van der Waals surface area contributed by atoms with Crippen LogP contribution >= 0.6 is 11.8 Å². The van der Waals surface area contributed by atoms with Crippen LogP contribution in [0.5, 0.6) is 0 Å². The zero-order chi connectivity index (χ0) is 15.3. The molecule has 0 fully saturated rings. The highest BCUT2D eigenvalue weighted by Gasteiger charge is 2.22. The van der Waals surface area contributed by atoms with Crippen molar-refractivity contribution in [3.63, 3.8) is 0 Å². The molecule has 3 heterocycles. The first-order chi connectivity index (χ1) is 9.93. The van der Waals surface area contributed by atoms with E-state index in [1.54, 1.807) is 0 Å². The standard InChI is InChI=1S/C15H14N2O3S/c1-7-5-8(2)13-16-14-11(17(13)6-7)12(21-4)10(9(3)18)15(19)20-14/h5-6H,1-4H3. The number of aryl methyl sites for hydroxylation is 2. The molecule has 6 heteroatoms. The lowest BCUT2D eigenvalue weighted by molar-refractivity contribution is 0.101. The molecule has 0 bridgehead atoms. The zero-order valence-corrected chi connectivity index (χ0v) is 13.0. The number of Topliss-reactive ketones (excluding diaryl/α,β-unsaturated/α-hetero) is 1. The smallest absolute Gasteiger partial charge is 0.349 e. The van der Waals surface area contributed by atoms with E-state index in [-0.39, 0.29) is 17.1 Å². The Kier molecular flexibility index (Phi) is 3.13. The summed E-state index contributed by atoms with van der Waals surface area (Å²) >= 11 is 1.36. The monoisotopic (exact) mass is 302 g/mol. The van der Waals surface area contributed by atoms with Gasteiger partial charge in [-0.3, -0.25) is 9.20 Å². The van der Waals surface area contributed by atoms with Crippen molar-refractivity contribution in [1.82, 2.24) is 9.38 Å². The number of nitrogens with zero attached hydrogens (tertiary/aromatic N) is 2. The van der Waals surface area contributed by atoms with Gasteiger partial charge in [-0.2, -0.15) is 4.98 Å². The molecule has 0 aliphatic heterocycles. The molecule has 3 aromatic heterocycles. The van der Waals surface area contributed by atoms with E-state index in [4.69, 9.17) is 4.42 Å². The van der Waals surface area contributed by atoms with Gasteiger partial charge in [0.25, 0.3) is 5.71 Å². The third-order valence-corrected chi connectivity index (χ3v) is 4.21. The van der Waals surface area contributed by atoms with Crippen LogP contribution in [0.1, 0.15) is 28.4 Å². The van der Waals surface area contributed by atoms with Gasteiger partial charge in [0.2, 0.25) is 0 Å². The number of carbonyl (C=O) groups excluding carboxylic acids is 1. The SMILES string of the molecule is CSc1c(C(C)=O)c(=O)oc2nc3c(C)cc(C)cn3c12. The van der Waals surface area contributed by atoms with Crippen molar-refractivity contribution >= 4 is 34.4 Å². The minimum atomic E-state index is -0.628. The number of imidazole rings is 1. The number of carbonyl (C=O) groups is 1. The summed E-state index contributed by atoms with van der Waals surface area (Å²) < 4.78 is 7.14. The van der Waals surface area contributed by atoms with Gasteiger partial charge in [-0.05, 0) is 38.2 Å². The van der Waals surface area contributed by atoms with Crippen molar-refractivity contribution in [2.24, 2.45) is 0 Å². The normalized spacial score (nSPS) is 11.4. The average Bonchev–Trinajstić information content (AvgIpc) is 2.75. The number of rotatable bonds is 2. The van der Waals surface area contributed by atoms with Crippen molar-refractivity contribution < 1.29 is 9.21 Å². The lowest BCUT2D eigenvalue weighted by Gasteiger charge is -2.06. The first-order valence-corrected chi connectivity index (χ1v) is 7.67. The van der Waals surface area contributed by atoms with Crippen molar-refractivity contribution in [3.05, 3.63) is 39.4 Å². The summed E-state index contributed by atoms with van der Waals surface area (Å²) in [7, 11) is 0. The van der Waals surface area contributed by atoms with Crippen LogP contribution in [0, 0.1) is 13.8 Å². The second-order valence-corrected chi connectivity index (χ2v) is 5.83. The lowest BCUT2D eigenvalue weighted by Crippen LogP contribution is -2.13. The van der Waals surface area contributed by atoms with E-state index in [1.807, 2.05) is 36.8 Å². The fraction of sp³-hybridized carbons (Fsp3) is 0.267. The molecule has 3 rings (SSSR count). The van der Waals surface area contributed by atoms with Crippen LogP contribution in [0.25, 0.3) is 16.9 Å². The van der Waals surface area contributed by atoms with Gasteiger partial charge in [0.1, 0.15) is 16.7 Å². The summed E-state index contributed by atoms with van der Waals surface area (Å²) in [5.74, 6) is -0.297. The van der Waals surface area contributed by atoms with Gasteiger partial charge in [0, 0.05) is 6.20 Å². The Hall–Kier alpha value is -2.08. The quantitative estimate of drug-likeness (QED) is 0.538. The minimum absolute atomic E-state index is 0.0935. The third kappa shape index (κ3) is 1.98. The van der Waals surface area contributed by atoms with Gasteiger partial charge in [-0.1, -0.05) is 6.07 Å². The van der Waals surface area contributed by atoms with Crippen LogP contribution in [0.4, 0.5) is 0 Å². The molecule has 0 aliphatic rings. The number of thioether (sulfide) groups is 1. The maximum absolute atomic E-state index is 12.0. The maximum Gasteiger partial charge on any atom is 0.349 e. The van der Waals surface area contributed by atoms with E-state index in [0.29, 0.717) is 10.4 Å². The molecule has 5 nitrogen and oxygen atoms in total. The van der Waals surface area contributed by atoms with Crippen LogP contribution in [0.15, 0.2) is 26.4 Å². The van der Waals surface area contributed by atoms with E-state index in [0.717, 1.165) is 16.8 Å². The highest BCUT2D eigenvalue weighted by molar-refractivity contribution is 7.98. The molecule has 0 unspecified atom stereocenters. The number of fused-ring (bicyclic) bond motifs is 3. The van der Waals surface area contributed by atoms with E-state index < -0.39 is 5.63 Å². The molecule has 0 radical (unpaired) electrons. The molecular formula is C15H14N2O3S. The second kappa shape index (κ2) is 4.73. The summed E-state index contributed by atoms with van der Waals surface area (Å²) in [4.78, 5) is 28.8. The molecule has 21 heavy (non-hydrogen) atoms. The zero-order valence-electron chi connectivity index (χ0n) is 12.2. The number of ketones is 1. The van der Waals surface area contributed by atoms with Crippen molar-refractivity contribution in [1.29, 1.82) is 0 Å². The van der Waals surface area contributed by atoms with E-state index in [9.17, 15) is 9.59 Å².